The average Bonchev–Trinajstić information content (AvgIpc) is 2.81. The molecule has 2 aromatic rings. The summed E-state index contributed by atoms with van der Waals surface area (Å²) < 4.78 is 44.7. The van der Waals surface area contributed by atoms with Crippen LogP contribution in [0.2, 0.25) is 0 Å². The first-order chi connectivity index (χ1) is 16.2. The molecule has 13 heteroatoms. The van der Waals surface area contributed by atoms with E-state index >= 15 is 0 Å². The van der Waals surface area contributed by atoms with Crippen molar-refractivity contribution in [3.05, 3.63) is 46.0 Å². The van der Waals surface area contributed by atoms with Gasteiger partial charge in [0.2, 0.25) is 5.91 Å². The molecule has 0 aromatic carbocycles. The van der Waals surface area contributed by atoms with E-state index in [2.05, 4.69) is 15.4 Å². The standard InChI is InChI=1S/C21H24F3N7O3/c1-14(34-9-4-26-16-13-28-29-20(33)19(16)21(22,23)24)10-18(32)31-7-5-30(6-8-31)17-3-2-15(11-25)12-27-17/h2-3,12-14H,4-10H2,1H3,(H2,26,29,33)/t14-/m1/s1. The normalized spacial score (nSPS) is 15.0. The minimum atomic E-state index is -4.82. The minimum absolute atomic E-state index is 0.00299. The third kappa shape index (κ3) is 6.44. The van der Waals surface area contributed by atoms with Crippen LogP contribution in [-0.2, 0) is 15.7 Å². The molecule has 1 aliphatic heterocycles. The van der Waals surface area contributed by atoms with Crippen LogP contribution >= 0.6 is 0 Å². The van der Waals surface area contributed by atoms with Crippen molar-refractivity contribution in [3.63, 3.8) is 0 Å². The molecule has 34 heavy (non-hydrogen) atoms. The molecule has 0 aliphatic carbocycles. The van der Waals surface area contributed by atoms with E-state index in [0.717, 1.165) is 12.0 Å². The first-order valence-electron chi connectivity index (χ1n) is 10.6. The molecule has 3 rings (SSSR count). The molecule has 1 saturated heterocycles. The van der Waals surface area contributed by atoms with Crippen molar-refractivity contribution < 1.29 is 22.7 Å². The highest BCUT2D eigenvalue weighted by atomic mass is 19.4. The van der Waals surface area contributed by atoms with Crippen LogP contribution in [0.1, 0.15) is 24.5 Å². The maximum atomic E-state index is 13.0. The summed E-state index contributed by atoms with van der Waals surface area (Å²) in [7, 11) is 0. The highest BCUT2D eigenvalue weighted by molar-refractivity contribution is 5.77. The molecule has 2 N–H and O–H groups in total. The predicted molar refractivity (Wildman–Crippen MR) is 116 cm³/mol. The summed E-state index contributed by atoms with van der Waals surface area (Å²) in [5, 5.41) is 16.5. The Hall–Kier alpha value is -3.66. The van der Waals surface area contributed by atoms with E-state index in [-0.39, 0.29) is 25.5 Å². The van der Waals surface area contributed by atoms with Gasteiger partial charge in [-0.1, -0.05) is 0 Å². The van der Waals surface area contributed by atoms with E-state index in [0.29, 0.717) is 31.7 Å². The van der Waals surface area contributed by atoms with Gasteiger partial charge in [0.1, 0.15) is 17.5 Å². The van der Waals surface area contributed by atoms with Crippen LogP contribution in [0.3, 0.4) is 0 Å². The summed E-state index contributed by atoms with van der Waals surface area (Å²) in [6, 6.07) is 5.50. The zero-order valence-electron chi connectivity index (χ0n) is 18.4. The first kappa shape index (κ1) is 25.0. The topological polar surface area (TPSA) is 127 Å². The van der Waals surface area contributed by atoms with E-state index in [1.54, 1.807) is 29.1 Å². The number of halogens is 3. The third-order valence-corrected chi connectivity index (χ3v) is 5.25. The number of anilines is 2. The molecular weight excluding hydrogens is 455 g/mol. The van der Waals surface area contributed by atoms with Gasteiger partial charge in [-0.3, -0.25) is 9.59 Å². The fourth-order valence-corrected chi connectivity index (χ4v) is 3.52. The molecular formula is C21H24F3N7O3. The van der Waals surface area contributed by atoms with Crippen molar-refractivity contribution in [1.82, 2.24) is 20.1 Å². The number of pyridine rings is 1. The Balaban J connectivity index is 1.40. The van der Waals surface area contributed by atoms with Gasteiger partial charge in [-0.05, 0) is 19.1 Å². The lowest BCUT2D eigenvalue weighted by atomic mass is 10.2. The van der Waals surface area contributed by atoms with Crippen LogP contribution in [0.25, 0.3) is 0 Å². The number of hydrogen-bond donors (Lipinski definition) is 2. The Morgan fingerprint density at radius 2 is 2.03 bits per heavy atom. The summed E-state index contributed by atoms with van der Waals surface area (Å²) in [6.07, 6.45) is -2.72. The lowest BCUT2D eigenvalue weighted by Crippen LogP contribution is -2.49. The summed E-state index contributed by atoms with van der Waals surface area (Å²) in [6.45, 7) is 4.00. The smallest absolute Gasteiger partial charge is 0.381 e. The van der Waals surface area contributed by atoms with Crippen molar-refractivity contribution in [1.29, 1.82) is 5.26 Å². The number of aromatic amines is 1. The van der Waals surface area contributed by atoms with E-state index in [1.165, 1.54) is 6.20 Å². The van der Waals surface area contributed by atoms with Crippen molar-refractivity contribution in [3.8, 4) is 6.07 Å². The van der Waals surface area contributed by atoms with Crippen LogP contribution < -0.4 is 15.8 Å². The number of alkyl halides is 3. The molecule has 1 fully saturated rings. The molecule has 182 valence electrons. The summed E-state index contributed by atoms with van der Waals surface area (Å²) in [5.41, 5.74) is -2.62. The molecule has 3 heterocycles. The van der Waals surface area contributed by atoms with E-state index in [9.17, 15) is 22.8 Å². The van der Waals surface area contributed by atoms with E-state index in [4.69, 9.17) is 10.00 Å². The Labute approximate surface area is 193 Å². The van der Waals surface area contributed by atoms with Gasteiger partial charge in [0.15, 0.2) is 0 Å². The van der Waals surface area contributed by atoms with Crippen LogP contribution in [0.15, 0.2) is 29.3 Å². The van der Waals surface area contributed by atoms with Crippen LogP contribution in [0, 0.1) is 11.3 Å². The van der Waals surface area contributed by atoms with Crippen molar-refractivity contribution in [2.24, 2.45) is 0 Å². The number of H-pyrrole nitrogens is 1. The van der Waals surface area contributed by atoms with Crippen LogP contribution in [-0.4, -0.2) is 71.4 Å². The zero-order chi connectivity index (χ0) is 24.7. The van der Waals surface area contributed by atoms with Gasteiger partial charge in [0.25, 0.3) is 5.56 Å². The number of carbonyl (C=O) groups is 1. The second-order valence-electron chi connectivity index (χ2n) is 7.68. The molecule has 0 bridgehead atoms. The first-order valence-corrected chi connectivity index (χ1v) is 10.6. The second-order valence-corrected chi connectivity index (χ2v) is 7.68. The number of nitriles is 1. The fraction of sp³-hybridized carbons (Fsp3) is 0.476. The Bertz CT molecular complexity index is 1070. The third-order valence-electron chi connectivity index (χ3n) is 5.25. The fourth-order valence-electron chi connectivity index (χ4n) is 3.52. The largest absolute Gasteiger partial charge is 0.423 e. The summed E-state index contributed by atoms with van der Waals surface area (Å²) in [4.78, 5) is 32.1. The number of rotatable bonds is 8. The monoisotopic (exact) mass is 479 g/mol. The lowest BCUT2D eigenvalue weighted by molar-refractivity contribution is -0.138. The quantitative estimate of drug-likeness (QED) is 0.547. The Morgan fingerprint density at radius 3 is 2.65 bits per heavy atom. The van der Waals surface area contributed by atoms with Gasteiger partial charge in [0.05, 0.1) is 36.6 Å². The maximum Gasteiger partial charge on any atom is 0.423 e. The van der Waals surface area contributed by atoms with Crippen molar-refractivity contribution in [2.75, 3.05) is 49.5 Å². The highest BCUT2D eigenvalue weighted by Crippen LogP contribution is 2.31. The second kappa shape index (κ2) is 11.0. The summed E-state index contributed by atoms with van der Waals surface area (Å²) >= 11 is 0. The molecule has 1 aliphatic rings. The minimum Gasteiger partial charge on any atom is -0.381 e. The Morgan fingerprint density at radius 1 is 1.29 bits per heavy atom. The van der Waals surface area contributed by atoms with Crippen LogP contribution in [0.4, 0.5) is 24.7 Å². The van der Waals surface area contributed by atoms with E-state index < -0.39 is 29.1 Å². The van der Waals surface area contributed by atoms with Gasteiger partial charge < -0.3 is 19.9 Å². The molecule has 1 amide bonds. The number of hydrogen-bond acceptors (Lipinski definition) is 8. The SMILES string of the molecule is C[C@H](CC(=O)N1CCN(c2ccc(C#N)cn2)CC1)OCCNc1cn[nH]c(=O)c1C(F)(F)F. The maximum absolute atomic E-state index is 13.0. The van der Waals surface area contributed by atoms with Gasteiger partial charge >= 0.3 is 6.18 Å². The van der Waals surface area contributed by atoms with Gasteiger partial charge in [-0.2, -0.15) is 23.5 Å². The molecule has 0 unspecified atom stereocenters. The Kier molecular flexibility index (Phi) is 8.06. The predicted octanol–water partition coefficient (Wildman–Crippen LogP) is 1.61. The molecule has 10 nitrogen and oxygen atoms in total. The number of amides is 1. The van der Waals surface area contributed by atoms with Crippen LogP contribution in [0.5, 0.6) is 0 Å². The van der Waals surface area contributed by atoms with Crippen molar-refractivity contribution >= 4 is 17.4 Å². The molecule has 0 spiro atoms. The molecule has 2 aromatic heterocycles. The molecule has 1 atom stereocenters. The number of piperazine rings is 1. The number of nitrogens with zero attached hydrogens (tertiary/aromatic N) is 5. The summed E-state index contributed by atoms with van der Waals surface area (Å²) in [5.74, 6) is 0.672. The highest BCUT2D eigenvalue weighted by Gasteiger charge is 2.37. The average molecular weight is 479 g/mol. The van der Waals surface area contributed by atoms with E-state index in [1.807, 2.05) is 11.0 Å². The molecule has 0 radical (unpaired) electrons. The zero-order valence-corrected chi connectivity index (χ0v) is 18.4. The number of aromatic nitrogens is 3. The van der Waals surface area contributed by atoms with Crippen molar-refractivity contribution in [2.45, 2.75) is 25.6 Å². The number of ether oxygens (including phenoxy) is 1. The van der Waals surface area contributed by atoms with Gasteiger partial charge in [-0.15, -0.1) is 0 Å². The van der Waals surface area contributed by atoms with Gasteiger partial charge in [0, 0.05) is 38.9 Å². The molecule has 0 saturated carbocycles. The number of carbonyl (C=O) groups excluding carboxylic acids is 1. The van der Waals surface area contributed by atoms with Gasteiger partial charge in [-0.25, -0.2) is 10.1 Å². The number of nitrogens with one attached hydrogen (secondary N) is 2. The lowest BCUT2D eigenvalue weighted by Gasteiger charge is -2.35.